The van der Waals surface area contributed by atoms with Gasteiger partial charge in [0.05, 0.1) is 11.2 Å². The maximum Gasteiger partial charge on any atom is 0.265 e. The van der Waals surface area contributed by atoms with Crippen molar-refractivity contribution in [1.82, 2.24) is 0 Å². The van der Waals surface area contributed by atoms with Crippen LogP contribution in [0.25, 0.3) is 0 Å². The molecule has 0 radical (unpaired) electrons. The van der Waals surface area contributed by atoms with E-state index in [1.807, 2.05) is 13.8 Å². The summed E-state index contributed by atoms with van der Waals surface area (Å²) in [5, 5.41) is 0. The van der Waals surface area contributed by atoms with Crippen LogP contribution in [0.3, 0.4) is 0 Å². The van der Waals surface area contributed by atoms with Crippen LogP contribution >= 0.6 is 15.9 Å². The molecule has 3 atom stereocenters. The van der Waals surface area contributed by atoms with Gasteiger partial charge >= 0.3 is 0 Å². The van der Waals surface area contributed by atoms with Crippen molar-refractivity contribution < 1.29 is 17.8 Å². The van der Waals surface area contributed by atoms with Crippen molar-refractivity contribution >= 4 is 31.8 Å². The normalized spacial score (nSPS) is 41.6. The van der Waals surface area contributed by atoms with Crippen LogP contribution in [0.5, 0.6) is 0 Å². The second kappa shape index (κ2) is 3.29. The molecule has 0 aliphatic heterocycles. The highest BCUT2D eigenvalue weighted by molar-refractivity contribution is 9.09. The fourth-order valence-electron chi connectivity index (χ4n) is 3.43. The maximum absolute atomic E-state index is 12.0. The summed E-state index contributed by atoms with van der Waals surface area (Å²) < 4.78 is 31.2. The number of carbonyl (C=O) groups is 1. The Morgan fingerprint density at radius 3 is 2.44 bits per heavy atom. The van der Waals surface area contributed by atoms with Crippen LogP contribution in [0.2, 0.25) is 0 Å². The molecule has 0 spiro atoms. The van der Waals surface area contributed by atoms with Gasteiger partial charge in [-0.15, -0.1) is 0 Å². The van der Waals surface area contributed by atoms with Gasteiger partial charge in [-0.2, -0.15) is 8.42 Å². The van der Waals surface area contributed by atoms with Crippen LogP contribution in [-0.4, -0.2) is 29.3 Å². The predicted octanol–water partition coefficient (Wildman–Crippen LogP) is 1.64. The highest BCUT2D eigenvalue weighted by atomic mass is 79.9. The summed E-state index contributed by atoms with van der Waals surface area (Å²) in [4.78, 5) is 12.2. The molecule has 0 aromatic rings. The first kappa shape index (κ1) is 12.5. The Kier molecular flexibility index (Phi) is 2.58. The zero-order chi connectivity index (χ0) is 12.4. The van der Waals surface area contributed by atoms with Gasteiger partial charge in [-0.05, 0) is 17.8 Å². The Hall–Kier alpha value is 0.0600. The Labute approximate surface area is 104 Å². The van der Waals surface area contributed by atoms with E-state index in [1.54, 1.807) is 0 Å². The predicted molar refractivity (Wildman–Crippen MR) is 63.1 cm³/mol. The van der Waals surface area contributed by atoms with Gasteiger partial charge in [0.2, 0.25) is 0 Å². The molecule has 16 heavy (non-hydrogen) atoms. The van der Waals surface area contributed by atoms with E-state index in [9.17, 15) is 13.2 Å². The number of hydrogen-bond donors (Lipinski definition) is 1. The fraction of sp³-hybridized carbons (Fsp3) is 0.900. The van der Waals surface area contributed by atoms with Crippen LogP contribution in [0, 0.1) is 16.7 Å². The average Bonchev–Trinajstić information content (AvgIpc) is 2.32. The summed E-state index contributed by atoms with van der Waals surface area (Å²) >= 11 is 3.51. The summed E-state index contributed by atoms with van der Waals surface area (Å²) in [7, 11) is -4.12. The van der Waals surface area contributed by atoms with E-state index in [4.69, 9.17) is 4.55 Å². The SMILES string of the molecule is CC1(C)C2CC(=O)C1(CS(=O)(=O)O)CC2Br. The van der Waals surface area contributed by atoms with Crippen molar-refractivity contribution in [2.75, 3.05) is 5.75 Å². The van der Waals surface area contributed by atoms with E-state index in [0.29, 0.717) is 12.8 Å². The van der Waals surface area contributed by atoms with Gasteiger partial charge in [0.1, 0.15) is 5.78 Å². The number of halogens is 1. The highest BCUT2D eigenvalue weighted by Gasteiger charge is 2.68. The third-order valence-corrected chi connectivity index (χ3v) is 6.33. The Bertz CT molecular complexity index is 442. The lowest BCUT2D eigenvalue weighted by atomic mass is 9.70. The number of hydrogen-bond acceptors (Lipinski definition) is 3. The first-order valence-electron chi connectivity index (χ1n) is 5.23. The fourth-order valence-corrected chi connectivity index (χ4v) is 6.11. The lowest BCUT2D eigenvalue weighted by Gasteiger charge is -2.35. The molecule has 92 valence electrons. The number of ketones is 1. The van der Waals surface area contributed by atoms with Gasteiger partial charge in [0.25, 0.3) is 10.1 Å². The van der Waals surface area contributed by atoms with E-state index < -0.39 is 21.3 Å². The Morgan fingerprint density at radius 2 is 2.06 bits per heavy atom. The van der Waals surface area contributed by atoms with Crippen molar-refractivity contribution in [2.24, 2.45) is 16.7 Å². The summed E-state index contributed by atoms with van der Waals surface area (Å²) in [6.07, 6.45) is 0.918. The molecule has 2 bridgehead atoms. The van der Waals surface area contributed by atoms with Gasteiger partial charge in [-0.3, -0.25) is 9.35 Å². The van der Waals surface area contributed by atoms with E-state index >= 15 is 0 Å². The quantitative estimate of drug-likeness (QED) is 0.622. The number of Topliss-reactive ketones (excluding diaryl/α,β-unsaturated/α-hetero) is 1. The minimum absolute atomic E-state index is 0.0178. The molecule has 2 fully saturated rings. The second-order valence-corrected chi connectivity index (χ2v) is 8.11. The molecule has 0 amide bonds. The number of carbonyl (C=O) groups excluding carboxylic acids is 1. The average molecular weight is 311 g/mol. The van der Waals surface area contributed by atoms with Gasteiger partial charge in [-0.1, -0.05) is 29.8 Å². The molecule has 2 aliphatic carbocycles. The van der Waals surface area contributed by atoms with Crippen molar-refractivity contribution in [1.29, 1.82) is 0 Å². The van der Waals surface area contributed by atoms with Crippen LogP contribution in [0.4, 0.5) is 0 Å². The number of alkyl halides is 1. The van der Waals surface area contributed by atoms with Gasteiger partial charge in [0.15, 0.2) is 0 Å². The lowest BCUT2D eigenvalue weighted by Crippen LogP contribution is -2.42. The van der Waals surface area contributed by atoms with Crippen LogP contribution in [-0.2, 0) is 14.9 Å². The van der Waals surface area contributed by atoms with Crippen molar-refractivity contribution in [3.05, 3.63) is 0 Å². The summed E-state index contributed by atoms with van der Waals surface area (Å²) in [5.74, 6) is -0.290. The Morgan fingerprint density at radius 1 is 1.50 bits per heavy atom. The van der Waals surface area contributed by atoms with Gasteiger partial charge in [-0.25, -0.2) is 0 Å². The molecule has 6 heteroatoms. The van der Waals surface area contributed by atoms with E-state index in [2.05, 4.69) is 15.9 Å². The minimum atomic E-state index is -4.12. The Balaban J connectivity index is 2.48. The molecule has 4 nitrogen and oxygen atoms in total. The van der Waals surface area contributed by atoms with E-state index in [0.717, 1.165) is 0 Å². The van der Waals surface area contributed by atoms with Gasteiger partial charge < -0.3 is 0 Å². The largest absolute Gasteiger partial charge is 0.299 e. The van der Waals surface area contributed by atoms with Crippen LogP contribution < -0.4 is 0 Å². The van der Waals surface area contributed by atoms with E-state index in [1.165, 1.54) is 0 Å². The first-order chi connectivity index (χ1) is 7.10. The molecular weight excluding hydrogens is 296 g/mol. The zero-order valence-electron chi connectivity index (χ0n) is 9.23. The van der Waals surface area contributed by atoms with Crippen molar-refractivity contribution in [2.45, 2.75) is 31.5 Å². The zero-order valence-corrected chi connectivity index (χ0v) is 11.6. The smallest absolute Gasteiger partial charge is 0.265 e. The minimum Gasteiger partial charge on any atom is -0.299 e. The lowest BCUT2D eigenvalue weighted by molar-refractivity contribution is -0.128. The molecule has 2 saturated carbocycles. The molecule has 0 heterocycles. The summed E-state index contributed by atoms with van der Waals surface area (Å²) in [5.41, 5.74) is -1.27. The molecule has 2 aliphatic rings. The van der Waals surface area contributed by atoms with Crippen molar-refractivity contribution in [3.8, 4) is 0 Å². The number of fused-ring (bicyclic) bond motifs is 2. The first-order valence-corrected chi connectivity index (χ1v) is 7.75. The molecule has 1 N–H and O–H groups in total. The standard InChI is InChI=1S/C10H15BrO4S/c1-9(2)6-3-8(12)10(9,4-7(6)11)5-16(13,14)15/h6-7H,3-5H2,1-2H3,(H,13,14,15). The summed E-state index contributed by atoms with van der Waals surface area (Å²) in [6.45, 7) is 3.85. The third-order valence-electron chi connectivity index (χ3n) is 4.51. The highest BCUT2D eigenvalue weighted by Crippen LogP contribution is 2.65. The van der Waals surface area contributed by atoms with Gasteiger partial charge in [0, 0.05) is 11.2 Å². The molecule has 0 saturated heterocycles. The van der Waals surface area contributed by atoms with Crippen molar-refractivity contribution in [3.63, 3.8) is 0 Å². The molecule has 0 aromatic carbocycles. The third kappa shape index (κ3) is 1.49. The van der Waals surface area contributed by atoms with Crippen LogP contribution in [0.1, 0.15) is 26.7 Å². The molecule has 0 aromatic heterocycles. The monoisotopic (exact) mass is 310 g/mol. The molecule has 2 rings (SSSR count). The van der Waals surface area contributed by atoms with E-state index in [-0.39, 0.29) is 21.9 Å². The molecule has 3 unspecified atom stereocenters. The molecular formula is C10H15BrO4S. The maximum atomic E-state index is 12.0. The van der Waals surface area contributed by atoms with Crippen LogP contribution in [0.15, 0.2) is 0 Å². The summed E-state index contributed by atoms with van der Waals surface area (Å²) in [6, 6.07) is 0. The number of rotatable bonds is 2. The second-order valence-electron chi connectivity index (χ2n) is 5.48. The topological polar surface area (TPSA) is 71.4 Å².